The molecule has 2 saturated heterocycles. The Kier molecular flexibility index (Phi) is 6.56. The van der Waals surface area contributed by atoms with Gasteiger partial charge in [0.1, 0.15) is 6.04 Å². The summed E-state index contributed by atoms with van der Waals surface area (Å²) in [6, 6.07) is 4.26. The van der Waals surface area contributed by atoms with Gasteiger partial charge in [0.05, 0.1) is 36.0 Å². The number of anilines is 2. The molecular formula is C20H25ClN4O4. The van der Waals surface area contributed by atoms with E-state index in [0.717, 1.165) is 10.5 Å². The summed E-state index contributed by atoms with van der Waals surface area (Å²) in [5.74, 6) is -0.813. The summed E-state index contributed by atoms with van der Waals surface area (Å²) in [4.78, 5) is 38.6. The van der Waals surface area contributed by atoms with E-state index < -0.39 is 6.04 Å². The molecule has 2 aliphatic rings. The highest BCUT2D eigenvalue weighted by atomic mass is 35.5. The Morgan fingerprint density at radius 1 is 1.21 bits per heavy atom. The van der Waals surface area contributed by atoms with Crippen LogP contribution >= 0.6 is 11.6 Å². The average Bonchev–Trinajstić information content (AvgIpc) is 2.99. The Morgan fingerprint density at radius 3 is 2.52 bits per heavy atom. The highest BCUT2D eigenvalue weighted by Gasteiger charge is 2.35. The van der Waals surface area contributed by atoms with E-state index in [2.05, 4.69) is 10.7 Å². The van der Waals surface area contributed by atoms with Gasteiger partial charge >= 0.3 is 0 Å². The molecule has 1 unspecified atom stereocenters. The number of nitrogens with zero attached hydrogens (tertiary/aromatic N) is 2. The third kappa shape index (κ3) is 4.77. The van der Waals surface area contributed by atoms with Crippen LogP contribution in [-0.4, -0.2) is 55.1 Å². The Balaban J connectivity index is 1.74. The van der Waals surface area contributed by atoms with Crippen LogP contribution in [0.25, 0.3) is 0 Å². The first-order valence-electron chi connectivity index (χ1n) is 9.51. The molecule has 1 aromatic carbocycles. The normalized spacial score (nSPS) is 18.8. The van der Waals surface area contributed by atoms with Crippen LogP contribution in [0.3, 0.4) is 0 Å². The number of carbonyl (C=O) groups is 3. The molecule has 2 heterocycles. The lowest BCUT2D eigenvalue weighted by molar-refractivity contribution is -0.128. The zero-order valence-electron chi connectivity index (χ0n) is 16.8. The van der Waals surface area contributed by atoms with E-state index >= 15 is 0 Å². The number of imide groups is 1. The van der Waals surface area contributed by atoms with Crippen molar-refractivity contribution >= 4 is 40.7 Å². The monoisotopic (exact) mass is 420 g/mol. The van der Waals surface area contributed by atoms with Gasteiger partial charge in [-0.3, -0.25) is 19.8 Å². The molecule has 0 saturated carbocycles. The molecule has 0 aromatic heterocycles. The number of rotatable bonds is 5. The summed E-state index contributed by atoms with van der Waals surface area (Å²) in [5.41, 5.74) is 5.07. The van der Waals surface area contributed by atoms with Gasteiger partial charge in [0.2, 0.25) is 5.91 Å². The molecule has 156 valence electrons. The van der Waals surface area contributed by atoms with Crippen LogP contribution in [0, 0.1) is 0 Å². The van der Waals surface area contributed by atoms with E-state index in [9.17, 15) is 14.4 Å². The SMILES string of the molecule is CC(C)=C1CC(=O)N(c2ccc(Cl)c(NC(C)C(=O)NN3CCOCC3)c2)C1=O. The predicted octanol–water partition coefficient (Wildman–Crippen LogP) is 2.10. The highest BCUT2D eigenvalue weighted by Crippen LogP contribution is 2.33. The molecule has 3 rings (SSSR count). The maximum atomic E-state index is 12.6. The van der Waals surface area contributed by atoms with Crippen molar-refractivity contribution in [1.29, 1.82) is 0 Å². The summed E-state index contributed by atoms with van der Waals surface area (Å²) in [6.45, 7) is 7.73. The van der Waals surface area contributed by atoms with Crippen LogP contribution in [0.1, 0.15) is 27.2 Å². The van der Waals surface area contributed by atoms with Crippen LogP contribution in [0.2, 0.25) is 5.02 Å². The molecule has 1 aromatic rings. The number of amides is 3. The molecule has 3 amide bonds. The van der Waals surface area contributed by atoms with E-state index in [1.807, 2.05) is 18.9 Å². The average molecular weight is 421 g/mol. The van der Waals surface area contributed by atoms with Gasteiger partial charge in [-0.1, -0.05) is 17.2 Å². The minimum absolute atomic E-state index is 0.0882. The van der Waals surface area contributed by atoms with E-state index in [4.69, 9.17) is 16.3 Å². The highest BCUT2D eigenvalue weighted by molar-refractivity contribution is 6.34. The van der Waals surface area contributed by atoms with Crippen LogP contribution in [0.4, 0.5) is 11.4 Å². The number of hydrogen-bond acceptors (Lipinski definition) is 6. The maximum Gasteiger partial charge on any atom is 0.261 e. The molecule has 0 spiro atoms. The molecule has 0 radical (unpaired) electrons. The minimum atomic E-state index is -0.580. The summed E-state index contributed by atoms with van der Waals surface area (Å²) >= 11 is 6.28. The number of nitrogens with one attached hydrogen (secondary N) is 2. The molecule has 8 nitrogen and oxygen atoms in total. The zero-order chi connectivity index (χ0) is 21.1. The van der Waals surface area contributed by atoms with Crippen LogP contribution in [-0.2, 0) is 19.1 Å². The molecule has 2 N–H and O–H groups in total. The topological polar surface area (TPSA) is 91.0 Å². The first-order chi connectivity index (χ1) is 13.8. The van der Waals surface area contributed by atoms with Gasteiger partial charge in [0.15, 0.2) is 0 Å². The standard InChI is InChI=1S/C20H25ClN4O4/c1-12(2)15-11-18(26)25(20(15)28)14-4-5-16(21)17(10-14)22-13(3)19(27)23-24-6-8-29-9-7-24/h4-5,10,13,22H,6-9,11H2,1-3H3,(H,23,27). The summed E-state index contributed by atoms with van der Waals surface area (Å²) < 4.78 is 5.27. The summed E-state index contributed by atoms with van der Waals surface area (Å²) in [5, 5.41) is 5.26. The van der Waals surface area contributed by atoms with Crippen molar-refractivity contribution < 1.29 is 19.1 Å². The lowest BCUT2D eigenvalue weighted by atomic mass is 10.1. The lowest BCUT2D eigenvalue weighted by Gasteiger charge is -2.28. The number of hydrogen-bond donors (Lipinski definition) is 2. The van der Waals surface area contributed by atoms with Gasteiger partial charge in [0, 0.05) is 18.7 Å². The van der Waals surface area contributed by atoms with Crippen molar-refractivity contribution in [2.24, 2.45) is 0 Å². The third-order valence-electron chi connectivity index (χ3n) is 4.90. The minimum Gasteiger partial charge on any atom is -0.379 e. The Morgan fingerprint density at radius 2 is 1.90 bits per heavy atom. The van der Waals surface area contributed by atoms with Crippen molar-refractivity contribution in [1.82, 2.24) is 10.4 Å². The van der Waals surface area contributed by atoms with Gasteiger partial charge in [-0.2, -0.15) is 0 Å². The number of morpholine rings is 1. The van der Waals surface area contributed by atoms with E-state index in [0.29, 0.717) is 48.3 Å². The number of benzene rings is 1. The lowest BCUT2D eigenvalue weighted by Crippen LogP contribution is -2.52. The number of ether oxygens (including phenoxy) is 1. The molecule has 2 aliphatic heterocycles. The second-order valence-electron chi connectivity index (χ2n) is 7.30. The van der Waals surface area contributed by atoms with Crippen molar-refractivity contribution in [3.05, 3.63) is 34.4 Å². The first-order valence-corrected chi connectivity index (χ1v) is 9.88. The first kappa shape index (κ1) is 21.3. The fourth-order valence-electron chi connectivity index (χ4n) is 3.20. The van der Waals surface area contributed by atoms with Gasteiger partial charge in [-0.15, -0.1) is 0 Å². The molecule has 1 atom stereocenters. The molecule has 0 bridgehead atoms. The Labute approximate surface area is 174 Å². The summed E-state index contributed by atoms with van der Waals surface area (Å²) in [6.07, 6.45) is 0.0882. The quantitative estimate of drug-likeness (QED) is 0.560. The van der Waals surface area contributed by atoms with Crippen molar-refractivity contribution in [3.8, 4) is 0 Å². The molecule has 29 heavy (non-hydrogen) atoms. The van der Waals surface area contributed by atoms with Gasteiger partial charge < -0.3 is 10.1 Å². The van der Waals surface area contributed by atoms with Gasteiger partial charge in [-0.25, -0.2) is 9.91 Å². The zero-order valence-corrected chi connectivity index (χ0v) is 17.5. The maximum absolute atomic E-state index is 12.6. The fourth-order valence-corrected chi connectivity index (χ4v) is 3.37. The second kappa shape index (κ2) is 8.94. The fraction of sp³-hybridized carbons (Fsp3) is 0.450. The van der Waals surface area contributed by atoms with Crippen molar-refractivity contribution in [2.75, 3.05) is 36.5 Å². The van der Waals surface area contributed by atoms with E-state index in [-0.39, 0.29) is 24.1 Å². The number of allylic oxidation sites excluding steroid dienone is 1. The third-order valence-corrected chi connectivity index (χ3v) is 5.22. The van der Waals surface area contributed by atoms with Gasteiger partial charge in [-0.05, 0) is 39.0 Å². The summed E-state index contributed by atoms with van der Waals surface area (Å²) in [7, 11) is 0. The van der Waals surface area contributed by atoms with Crippen LogP contribution < -0.4 is 15.6 Å². The van der Waals surface area contributed by atoms with Crippen molar-refractivity contribution in [2.45, 2.75) is 33.2 Å². The number of hydrazine groups is 1. The van der Waals surface area contributed by atoms with Crippen LogP contribution in [0.15, 0.2) is 29.3 Å². The Hall–Kier alpha value is -2.42. The number of halogens is 1. The molecular weight excluding hydrogens is 396 g/mol. The van der Waals surface area contributed by atoms with E-state index in [1.54, 1.807) is 25.1 Å². The Bertz CT molecular complexity index is 860. The molecule has 2 fully saturated rings. The smallest absolute Gasteiger partial charge is 0.261 e. The predicted molar refractivity (Wildman–Crippen MR) is 111 cm³/mol. The van der Waals surface area contributed by atoms with Crippen LogP contribution in [0.5, 0.6) is 0 Å². The molecule has 9 heteroatoms. The number of carbonyl (C=O) groups excluding carboxylic acids is 3. The largest absolute Gasteiger partial charge is 0.379 e. The van der Waals surface area contributed by atoms with Crippen molar-refractivity contribution in [3.63, 3.8) is 0 Å². The van der Waals surface area contributed by atoms with Gasteiger partial charge in [0.25, 0.3) is 11.8 Å². The van der Waals surface area contributed by atoms with E-state index in [1.165, 1.54) is 0 Å². The molecule has 0 aliphatic carbocycles. The second-order valence-corrected chi connectivity index (χ2v) is 7.70.